The molecule has 6 rings (SSSR count). The zero-order valence-corrected chi connectivity index (χ0v) is 26.2. The standard InChI is InChI=1S/C39H40O8/c1-2-3-16-25-44-39(32-23-14-7-15-24-32)46-36-35(42-27-30-19-10-5-11-20-30)34(41-26-29-17-8-4-9-18-29)33(45-38(36)47-39)28-43-37(40)31-21-12-6-13-22-31/h2,4-15,17-24,33-36,38H,1,3,16,25-28H2/t33-,34-,35+,36+,38-,39?/m1/s1. The SMILES string of the molecule is C=CCCCOC1(c2ccccc2)O[C@H]2O[C@H](COC(=O)c3ccccc3)[C@@H](OCc3ccccc3)[C@H](OCc3ccccc3)[C@@H]2O1. The maximum Gasteiger partial charge on any atom is 0.338 e. The predicted octanol–water partition coefficient (Wildman–Crippen LogP) is 6.95. The predicted molar refractivity (Wildman–Crippen MR) is 175 cm³/mol. The van der Waals surface area contributed by atoms with E-state index in [1.54, 1.807) is 24.3 Å². The van der Waals surface area contributed by atoms with Crippen LogP contribution in [0.5, 0.6) is 0 Å². The van der Waals surface area contributed by atoms with E-state index in [0.29, 0.717) is 24.3 Å². The summed E-state index contributed by atoms with van der Waals surface area (Å²) < 4.78 is 45.3. The summed E-state index contributed by atoms with van der Waals surface area (Å²) in [7, 11) is 0. The molecule has 0 aliphatic carbocycles. The van der Waals surface area contributed by atoms with E-state index in [1.165, 1.54) is 0 Å². The first kappa shape index (κ1) is 32.8. The number of benzene rings is 4. The van der Waals surface area contributed by atoms with Gasteiger partial charge in [-0.15, -0.1) is 6.58 Å². The van der Waals surface area contributed by atoms with Gasteiger partial charge in [0.1, 0.15) is 31.0 Å². The van der Waals surface area contributed by atoms with Crippen molar-refractivity contribution < 1.29 is 38.0 Å². The summed E-state index contributed by atoms with van der Waals surface area (Å²) in [6, 6.07) is 38.1. The Labute approximate surface area is 275 Å². The highest BCUT2D eigenvalue weighted by Crippen LogP contribution is 2.45. The molecule has 2 aliphatic heterocycles. The fourth-order valence-electron chi connectivity index (χ4n) is 5.70. The van der Waals surface area contributed by atoms with Crippen LogP contribution in [0.2, 0.25) is 0 Å². The van der Waals surface area contributed by atoms with Crippen molar-refractivity contribution in [2.24, 2.45) is 0 Å². The maximum absolute atomic E-state index is 13.0. The van der Waals surface area contributed by atoms with Crippen LogP contribution in [0, 0.1) is 0 Å². The third kappa shape index (κ3) is 8.23. The molecule has 8 nitrogen and oxygen atoms in total. The van der Waals surface area contributed by atoms with Crippen LogP contribution in [0.4, 0.5) is 0 Å². The molecule has 4 aromatic rings. The average molecular weight is 637 g/mol. The van der Waals surface area contributed by atoms with Crippen molar-refractivity contribution in [3.63, 3.8) is 0 Å². The number of rotatable bonds is 15. The highest BCUT2D eigenvalue weighted by molar-refractivity contribution is 5.89. The molecule has 2 saturated heterocycles. The van der Waals surface area contributed by atoms with Crippen LogP contribution >= 0.6 is 0 Å². The molecule has 0 spiro atoms. The van der Waals surface area contributed by atoms with E-state index in [0.717, 1.165) is 24.0 Å². The topological polar surface area (TPSA) is 81.7 Å². The number of carbonyl (C=O) groups is 1. The second kappa shape index (κ2) is 16.1. The minimum atomic E-state index is -1.55. The van der Waals surface area contributed by atoms with Gasteiger partial charge in [0.25, 0.3) is 0 Å². The lowest BCUT2D eigenvalue weighted by molar-refractivity contribution is -0.367. The smallest absolute Gasteiger partial charge is 0.338 e. The quantitative estimate of drug-likeness (QED) is 0.0788. The van der Waals surface area contributed by atoms with Crippen LogP contribution in [0.25, 0.3) is 0 Å². The van der Waals surface area contributed by atoms with E-state index >= 15 is 0 Å². The molecule has 1 unspecified atom stereocenters. The van der Waals surface area contributed by atoms with Crippen molar-refractivity contribution in [3.05, 3.63) is 156 Å². The number of carbonyl (C=O) groups excluding carboxylic acids is 1. The average Bonchev–Trinajstić information content (AvgIpc) is 3.51. The van der Waals surface area contributed by atoms with Crippen LogP contribution in [0.1, 0.15) is 39.9 Å². The Morgan fingerprint density at radius 1 is 0.745 bits per heavy atom. The van der Waals surface area contributed by atoms with Gasteiger partial charge >= 0.3 is 11.9 Å². The van der Waals surface area contributed by atoms with E-state index in [-0.39, 0.29) is 13.2 Å². The van der Waals surface area contributed by atoms with E-state index in [9.17, 15) is 4.79 Å². The lowest BCUT2D eigenvalue weighted by Gasteiger charge is -2.42. The zero-order valence-electron chi connectivity index (χ0n) is 26.2. The number of hydrogen-bond acceptors (Lipinski definition) is 8. The summed E-state index contributed by atoms with van der Waals surface area (Å²) in [5, 5.41) is 0. The number of esters is 1. The van der Waals surface area contributed by atoms with E-state index in [4.69, 9.17) is 33.2 Å². The van der Waals surface area contributed by atoms with Crippen molar-refractivity contribution in [2.75, 3.05) is 13.2 Å². The molecule has 0 amide bonds. The van der Waals surface area contributed by atoms with Crippen molar-refractivity contribution in [3.8, 4) is 0 Å². The third-order valence-corrected chi connectivity index (χ3v) is 8.08. The van der Waals surface area contributed by atoms with Crippen LogP contribution < -0.4 is 0 Å². The van der Waals surface area contributed by atoms with Gasteiger partial charge < -0.3 is 28.4 Å². The molecular weight excluding hydrogens is 596 g/mol. The molecule has 2 fully saturated rings. The van der Waals surface area contributed by atoms with Crippen LogP contribution in [-0.4, -0.2) is 49.9 Å². The summed E-state index contributed by atoms with van der Waals surface area (Å²) in [6.45, 7) is 4.66. The second-order valence-electron chi connectivity index (χ2n) is 11.4. The van der Waals surface area contributed by atoms with E-state index < -0.39 is 42.6 Å². The fourth-order valence-corrected chi connectivity index (χ4v) is 5.70. The van der Waals surface area contributed by atoms with Crippen LogP contribution in [-0.2, 0) is 52.3 Å². The molecular formula is C39H40O8. The number of hydrogen-bond donors (Lipinski definition) is 0. The Balaban J connectivity index is 1.31. The maximum atomic E-state index is 13.0. The summed E-state index contributed by atoms with van der Waals surface area (Å²) in [5.41, 5.74) is 3.09. The minimum absolute atomic E-state index is 0.0938. The molecule has 6 atom stereocenters. The Morgan fingerprint density at radius 2 is 1.32 bits per heavy atom. The lowest BCUT2D eigenvalue weighted by atomic mass is 9.98. The van der Waals surface area contributed by atoms with Gasteiger partial charge in [-0.25, -0.2) is 4.79 Å². The molecule has 2 aliphatic rings. The normalized spacial score (nSPS) is 25.1. The second-order valence-corrected chi connectivity index (χ2v) is 11.4. The summed E-state index contributed by atoms with van der Waals surface area (Å²) in [5.74, 6) is -2.02. The number of unbranched alkanes of at least 4 members (excludes halogenated alkanes) is 1. The third-order valence-electron chi connectivity index (χ3n) is 8.08. The Morgan fingerprint density at radius 3 is 1.94 bits per heavy atom. The fraction of sp³-hybridized carbons (Fsp3) is 0.308. The van der Waals surface area contributed by atoms with Crippen molar-refractivity contribution in [1.29, 1.82) is 0 Å². The van der Waals surface area contributed by atoms with Crippen molar-refractivity contribution in [1.82, 2.24) is 0 Å². The summed E-state index contributed by atoms with van der Waals surface area (Å²) >= 11 is 0. The van der Waals surface area contributed by atoms with Crippen molar-refractivity contribution >= 4 is 5.97 Å². The van der Waals surface area contributed by atoms with Gasteiger partial charge in [0.05, 0.1) is 25.4 Å². The highest BCUT2D eigenvalue weighted by atomic mass is 16.9. The van der Waals surface area contributed by atoms with Crippen LogP contribution in [0.3, 0.4) is 0 Å². The number of allylic oxidation sites excluding steroid dienone is 1. The molecule has 244 valence electrons. The molecule has 0 saturated carbocycles. The first-order valence-corrected chi connectivity index (χ1v) is 16.0. The van der Waals surface area contributed by atoms with E-state index in [1.807, 2.05) is 103 Å². The molecule has 4 aromatic carbocycles. The lowest BCUT2D eigenvalue weighted by Crippen LogP contribution is -2.59. The van der Waals surface area contributed by atoms with Gasteiger partial charge in [-0.05, 0) is 36.1 Å². The zero-order chi connectivity index (χ0) is 32.3. The first-order valence-electron chi connectivity index (χ1n) is 16.0. The summed E-state index contributed by atoms with van der Waals surface area (Å²) in [6.07, 6.45) is -0.407. The molecule has 2 heterocycles. The first-order chi connectivity index (χ1) is 23.1. The molecule has 8 heteroatoms. The minimum Gasteiger partial charge on any atom is -0.459 e. The highest BCUT2D eigenvalue weighted by Gasteiger charge is 2.60. The molecule has 0 bridgehead atoms. The van der Waals surface area contributed by atoms with Crippen molar-refractivity contribution in [2.45, 2.75) is 62.7 Å². The van der Waals surface area contributed by atoms with Gasteiger partial charge in [-0.2, -0.15) is 0 Å². The van der Waals surface area contributed by atoms with Gasteiger partial charge in [-0.3, -0.25) is 4.74 Å². The molecule has 47 heavy (non-hydrogen) atoms. The largest absolute Gasteiger partial charge is 0.459 e. The summed E-state index contributed by atoms with van der Waals surface area (Å²) in [4.78, 5) is 13.0. The number of ether oxygens (including phenoxy) is 7. The van der Waals surface area contributed by atoms with Gasteiger partial charge in [0.2, 0.25) is 0 Å². The van der Waals surface area contributed by atoms with Gasteiger partial charge in [0.15, 0.2) is 6.29 Å². The van der Waals surface area contributed by atoms with Gasteiger partial charge in [0, 0.05) is 5.56 Å². The Hall–Kier alpha value is -4.15. The van der Waals surface area contributed by atoms with Gasteiger partial charge in [-0.1, -0.05) is 115 Å². The Bertz CT molecular complexity index is 1530. The van der Waals surface area contributed by atoms with E-state index in [2.05, 4.69) is 6.58 Å². The molecule has 0 N–H and O–H groups in total. The monoisotopic (exact) mass is 636 g/mol. The number of fused-ring (bicyclic) bond motifs is 1. The molecule has 0 aromatic heterocycles. The Kier molecular flexibility index (Phi) is 11.2. The molecule has 0 radical (unpaired) electrons. The van der Waals surface area contributed by atoms with Crippen LogP contribution in [0.15, 0.2) is 134 Å².